The number of likely N-dealkylation sites (tertiary alicyclic amines) is 1. The van der Waals surface area contributed by atoms with E-state index >= 15 is 0 Å². The van der Waals surface area contributed by atoms with Gasteiger partial charge in [-0.25, -0.2) is 9.59 Å². The average molecular weight is 330 g/mol. The second-order valence-electron chi connectivity index (χ2n) is 6.59. The number of nitrogens with one attached hydrogen (secondary N) is 1. The zero-order valence-electron chi connectivity index (χ0n) is 14.1. The first-order chi connectivity index (χ1) is 10.6. The molecular formula is C15H26N2O6. The zero-order chi connectivity index (χ0) is 17.6. The van der Waals surface area contributed by atoms with Crippen LogP contribution in [0.25, 0.3) is 0 Å². The highest BCUT2D eigenvalue weighted by Gasteiger charge is 2.27. The van der Waals surface area contributed by atoms with Gasteiger partial charge < -0.3 is 24.8 Å². The second-order valence-corrected chi connectivity index (χ2v) is 6.59. The predicted octanol–water partition coefficient (Wildman–Crippen LogP) is 0.992. The van der Waals surface area contributed by atoms with Crippen LogP contribution in [0.15, 0.2) is 0 Å². The lowest BCUT2D eigenvalue weighted by molar-refractivity contribution is -0.163. The SMILES string of the molecule is C[C@@H](NC(=O)O)C(=O)N1CCC(OCC(=O)OC(C)(C)C)CC1. The van der Waals surface area contributed by atoms with Crippen LogP contribution in [-0.4, -0.2) is 65.4 Å². The summed E-state index contributed by atoms with van der Waals surface area (Å²) in [5.74, 6) is -0.659. The van der Waals surface area contributed by atoms with Gasteiger partial charge in [0.2, 0.25) is 5.91 Å². The van der Waals surface area contributed by atoms with Gasteiger partial charge in [-0.3, -0.25) is 4.79 Å². The Morgan fingerprint density at radius 2 is 1.83 bits per heavy atom. The molecule has 1 fully saturated rings. The molecule has 0 unspecified atom stereocenters. The average Bonchev–Trinajstić information content (AvgIpc) is 2.42. The van der Waals surface area contributed by atoms with Crippen LogP contribution in [0.2, 0.25) is 0 Å². The minimum Gasteiger partial charge on any atom is -0.465 e. The predicted molar refractivity (Wildman–Crippen MR) is 82.0 cm³/mol. The minimum atomic E-state index is -1.22. The maximum Gasteiger partial charge on any atom is 0.405 e. The Labute approximate surface area is 136 Å². The number of hydrogen-bond acceptors (Lipinski definition) is 5. The number of piperidine rings is 1. The van der Waals surface area contributed by atoms with Crippen LogP contribution < -0.4 is 5.32 Å². The fourth-order valence-electron chi connectivity index (χ4n) is 2.32. The first-order valence-corrected chi connectivity index (χ1v) is 7.70. The summed E-state index contributed by atoms with van der Waals surface area (Å²) in [7, 11) is 0. The third kappa shape index (κ3) is 7.32. The summed E-state index contributed by atoms with van der Waals surface area (Å²) in [6, 6.07) is -0.772. The van der Waals surface area contributed by atoms with Gasteiger partial charge in [0.25, 0.3) is 0 Å². The Morgan fingerprint density at radius 1 is 1.26 bits per heavy atom. The van der Waals surface area contributed by atoms with Gasteiger partial charge in [-0.2, -0.15) is 0 Å². The largest absolute Gasteiger partial charge is 0.465 e. The first kappa shape index (κ1) is 19.2. The smallest absolute Gasteiger partial charge is 0.405 e. The van der Waals surface area contributed by atoms with E-state index in [-0.39, 0.29) is 18.6 Å². The quantitative estimate of drug-likeness (QED) is 0.728. The molecular weight excluding hydrogens is 304 g/mol. The summed E-state index contributed by atoms with van der Waals surface area (Å²) in [6.45, 7) is 7.74. The van der Waals surface area contributed by atoms with Crippen molar-refractivity contribution in [2.24, 2.45) is 0 Å². The lowest BCUT2D eigenvalue weighted by Gasteiger charge is -2.33. The third-order valence-electron chi connectivity index (χ3n) is 3.32. The van der Waals surface area contributed by atoms with Gasteiger partial charge in [0.05, 0.1) is 6.10 Å². The van der Waals surface area contributed by atoms with E-state index in [1.807, 2.05) is 0 Å². The van der Waals surface area contributed by atoms with Crippen LogP contribution in [0, 0.1) is 0 Å². The molecule has 2 amide bonds. The molecule has 0 bridgehead atoms. The summed E-state index contributed by atoms with van der Waals surface area (Å²) in [5.41, 5.74) is -0.538. The van der Waals surface area contributed by atoms with Gasteiger partial charge >= 0.3 is 12.1 Å². The molecule has 2 N–H and O–H groups in total. The molecule has 0 aromatic carbocycles. The third-order valence-corrected chi connectivity index (χ3v) is 3.32. The van der Waals surface area contributed by atoms with E-state index in [1.165, 1.54) is 6.92 Å². The molecule has 132 valence electrons. The lowest BCUT2D eigenvalue weighted by atomic mass is 10.1. The number of rotatable bonds is 5. The number of nitrogens with zero attached hydrogens (tertiary/aromatic N) is 1. The van der Waals surface area contributed by atoms with E-state index in [0.717, 1.165) is 0 Å². The van der Waals surface area contributed by atoms with Crippen molar-refractivity contribution in [3.8, 4) is 0 Å². The van der Waals surface area contributed by atoms with Gasteiger partial charge in [0, 0.05) is 13.1 Å². The number of amides is 2. The monoisotopic (exact) mass is 330 g/mol. The molecule has 8 heteroatoms. The fraction of sp³-hybridized carbons (Fsp3) is 0.800. The van der Waals surface area contributed by atoms with Gasteiger partial charge in [-0.15, -0.1) is 0 Å². The normalized spacial score (nSPS) is 17.5. The zero-order valence-corrected chi connectivity index (χ0v) is 14.1. The van der Waals surface area contributed by atoms with Crippen molar-refractivity contribution in [2.75, 3.05) is 19.7 Å². The van der Waals surface area contributed by atoms with Crippen molar-refractivity contribution in [1.82, 2.24) is 10.2 Å². The number of carboxylic acid groups (broad SMARTS) is 1. The molecule has 1 aliphatic rings. The standard InChI is InChI=1S/C15H26N2O6/c1-10(16-14(20)21)13(19)17-7-5-11(6-8-17)22-9-12(18)23-15(2,3)4/h10-11,16H,5-9H2,1-4H3,(H,20,21)/t10-/m1/s1. The fourth-order valence-corrected chi connectivity index (χ4v) is 2.32. The van der Waals surface area contributed by atoms with Gasteiger partial charge in [-0.05, 0) is 40.5 Å². The van der Waals surface area contributed by atoms with Crippen LogP contribution in [0.1, 0.15) is 40.5 Å². The number of carbonyl (C=O) groups excluding carboxylic acids is 2. The van der Waals surface area contributed by atoms with Crippen LogP contribution >= 0.6 is 0 Å². The summed E-state index contributed by atoms with van der Waals surface area (Å²) in [5, 5.41) is 10.8. The molecule has 23 heavy (non-hydrogen) atoms. The van der Waals surface area contributed by atoms with Crippen molar-refractivity contribution >= 4 is 18.0 Å². The van der Waals surface area contributed by atoms with Crippen LogP contribution in [-0.2, 0) is 19.1 Å². The van der Waals surface area contributed by atoms with Gasteiger partial charge in [-0.1, -0.05) is 0 Å². The van der Waals surface area contributed by atoms with Crippen molar-refractivity contribution < 1.29 is 29.0 Å². The summed E-state index contributed by atoms with van der Waals surface area (Å²) in [6.07, 6.45) is -0.112. The second kappa shape index (κ2) is 8.14. The number of hydrogen-bond donors (Lipinski definition) is 2. The summed E-state index contributed by atoms with van der Waals surface area (Å²) >= 11 is 0. The minimum absolute atomic E-state index is 0.102. The Hall–Kier alpha value is -1.83. The molecule has 0 spiro atoms. The van der Waals surface area contributed by atoms with Crippen LogP contribution in [0.4, 0.5) is 4.79 Å². The highest BCUT2D eigenvalue weighted by atomic mass is 16.6. The van der Waals surface area contributed by atoms with Crippen molar-refractivity contribution in [3.63, 3.8) is 0 Å². The highest BCUT2D eigenvalue weighted by molar-refractivity contribution is 5.84. The molecule has 0 aromatic rings. The molecule has 0 radical (unpaired) electrons. The Bertz CT molecular complexity index is 438. The number of esters is 1. The van der Waals surface area contributed by atoms with Gasteiger partial charge in [0.1, 0.15) is 18.2 Å². The van der Waals surface area contributed by atoms with E-state index < -0.39 is 23.7 Å². The van der Waals surface area contributed by atoms with Crippen molar-refractivity contribution in [3.05, 3.63) is 0 Å². The molecule has 1 atom stereocenters. The number of carbonyl (C=O) groups is 3. The summed E-state index contributed by atoms with van der Waals surface area (Å²) in [4.78, 5) is 35.8. The summed E-state index contributed by atoms with van der Waals surface area (Å²) < 4.78 is 10.7. The van der Waals surface area contributed by atoms with E-state index in [2.05, 4.69) is 5.32 Å². The topological polar surface area (TPSA) is 105 Å². The Kier molecular flexibility index (Phi) is 6.80. The molecule has 8 nitrogen and oxygen atoms in total. The van der Waals surface area contributed by atoms with E-state index in [4.69, 9.17) is 14.6 Å². The maximum atomic E-state index is 12.0. The van der Waals surface area contributed by atoms with Gasteiger partial charge in [0.15, 0.2) is 0 Å². The van der Waals surface area contributed by atoms with Crippen molar-refractivity contribution in [1.29, 1.82) is 0 Å². The molecule has 1 rings (SSSR count). The molecule has 1 heterocycles. The van der Waals surface area contributed by atoms with E-state index in [9.17, 15) is 14.4 Å². The first-order valence-electron chi connectivity index (χ1n) is 7.70. The number of ether oxygens (including phenoxy) is 2. The molecule has 0 aliphatic carbocycles. The highest BCUT2D eigenvalue weighted by Crippen LogP contribution is 2.15. The Morgan fingerprint density at radius 3 is 2.30 bits per heavy atom. The molecule has 1 aliphatic heterocycles. The molecule has 0 saturated carbocycles. The van der Waals surface area contributed by atoms with Crippen molar-refractivity contribution in [2.45, 2.75) is 58.3 Å². The molecule has 0 aromatic heterocycles. The lowest BCUT2D eigenvalue weighted by Crippen LogP contribution is -2.50. The van der Waals surface area contributed by atoms with E-state index in [1.54, 1.807) is 25.7 Å². The molecule has 1 saturated heterocycles. The van der Waals surface area contributed by atoms with Crippen LogP contribution in [0.3, 0.4) is 0 Å². The maximum absolute atomic E-state index is 12.0. The van der Waals surface area contributed by atoms with E-state index in [0.29, 0.717) is 25.9 Å². The Balaban J connectivity index is 2.31. The van der Waals surface area contributed by atoms with Crippen LogP contribution in [0.5, 0.6) is 0 Å².